The molecule has 0 aromatic carbocycles. The molecule has 0 aromatic heterocycles. The van der Waals surface area contributed by atoms with E-state index in [4.69, 9.17) is 9.73 Å². The van der Waals surface area contributed by atoms with Gasteiger partial charge in [0.15, 0.2) is 5.96 Å². The quantitative estimate of drug-likeness (QED) is 0.244. The van der Waals surface area contributed by atoms with Gasteiger partial charge in [-0.25, -0.2) is 0 Å². The first kappa shape index (κ1) is 24.4. The molecule has 27 heavy (non-hydrogen) atoms. The largest absolute Gasteiger partial charge is 0.373 e. The number of halogens is 1. The summed E-state index contributed by atoms with van der Waals surface area (Å²) in [5, 5.41) is 6.81. The number of carbonyl (C=O) groups excluding carboxylic acids is 1. The number of hydrogen-bond donors (Lipinski definition) is 2. The summed E-state index contributed by atoms with van der Waals surface area (Å²) >= 11 is 0. The molecule has 2 aliphatic heterocycles. The number of ether oxygens (including phenoxy) is 1. The van der Waals surface area contributed by atoms with Gasteiger partial charge in [-0.05, 0) is 33.6 Å². The van der Waals surface area contributed by atoms with Gasteiger partial charge in [0, 0.05) is 58.3 Å². The van der Waals surface area contributed by atoms with Crippen molar-refractivity contribution >= 4 is 35.8 Å². The minimum absolute atomic E-state index is 0. The predicted molar refractivity (Wildman–Crippen MR) is 121 cm³/mol. The van der Waals surface area contributed by atoms with E-state index in [2.05, 4.69) is 36.3 Å². The smallest absolute Gasteiger partial charge is 0.222 e. The van der Waals surface area contributed by atoms with Crippen LogP contribution >= 0.6 is 24.0 Å². The van der Waals surface area contributed by atoms with Gasteiger partial charge in [0.1, 0.15) is 0 Å². The third kappa shape index (κ3) is 8.51. The Morgan fingerprint density at radius 2 is 1.89 bits per heavy atom. The molecule has 2 N–H and O–H groups in total. The van der Waals surface area contributed by atoms with E-state index in [1.807, 2.05) is 11.8 Å². The maximum Gasteiger partial charge on any atom is 0.222 e. The summed E-state index contributed by atoms with van der Waals surface area (Å²) in [6, 6.07) is 0.296. The molecular weight excluding hydrogens is 457 g/mol. The molecule has 0 radical (unpaired) electrons. The van der Waals surface area contributed by atoms with E-state index in [1.54, 1.807) is 0 Å². The van der Waals surface area contributed by atoms with Gasteiger partial charge < -0.3 is 20.3 Å². The molecule has 0 spiro atoms. The fourth-order valence-electron chi connectivity index (χ4n) is 3.79. The first-order valence-electron chi connectivity index (χ1n) is 10.2. The summed E-state index contributed by atoms with van der Waals surface area (Å²) in [5.41, 5.74) is 0. The van der Waals surface area contributed by atoms with Crippen LogP contribution in [-0.2, 0) is 9.53 Å². The van der Waals surface area contributed by atoms with Gasteiger partial charge in [0.25, 0.3) is 0 Å². The number of hydrogen-bond acceptors (Lipinski definition) is 4. The monoisotopic (exact) mass is 495 g/mol. The van der Waals surface area contributed by atoms with Crippen molar-refractivity contribution in [3.05, 3.63) is 0 Å². The van der Waals surface area contributed by atoms with Crippen molar-refractivity contribution in [3.8, 4) is 0 Å². The lowest BCUT2D eigenvalue weighted by Gasteiger charge is -2.35. The summed E-state index contributed by atoms with van der Waals surface area (Å²) in [4.78, 5) is 21.0. The second-order valence-corrected chi connectivity index (χ2v) is 7.45. The van der Waals surface area contributed by atoms with Crippen LogP contribution in [0.15, 0.2) is 4.99 Å². The van der Waals surface area contributed by atoms with E-state index in [0.29, 0.717) is 24.7 Å². The zero-order chi connectivity index (χ0) is 18.9. The molecule has 2 saturated heterocycles. The van der Waals surface area contributed by atoms with Crippen molar-refractivity contribution in [1.82, 2.24) is 20.4 Å². The minimum atomic E-state index is 0. The number of aliphatic imine (C=N–C) groups is 1. The normalized spacial score (nSPS) is 26.6. The highest BCUT2D eigenvalue weighted by atomic mass is 127. The average Bonchev–Trinajstić information content (AvgIpc) is 3.06. The molecule has 158 valence electrons. The number of nitrogens with one attached hydrogen (secondary N) is 2. The fraction of sp³-hybridized carbons (Fsp3) is 0.895. The van der Waals surface area contributed by atoms with Crippen molar-refractivity contribution in [2.75, 3.05) is 45.8 Å². The summed E-state index contributed by atoms with van der Waals surface area (Å²) in [7, 11) is 0. The summed E-state index contributed by atoms with van der Waals surface area (Å²) in [5.74, 6) is 1.11. The lowest BCUT2D eigenvalue weighted by atomic mass is 10.2. The van der Waals surface area contributed by atoms with Gasteiger partial charge in [-0.2, -0.15) is 0 Å². The van der Waals surface area contributed by atoms with Crippen molar-refractivity contribution in [3.63, 3.8) is 0 Å². The first-order valence-corrected chi connectivity index (χ1v) is 10.2. The number of morpholine rings is 1. The number of likely N-dealkylation sites (tertiary alicyclic amines) is 1. The van der Waals surface area contributed by atoms with Gasteiger partial charge in [-0.15, -0.1) is 24.0 Å². The summed E-state index contributed by atoms with van der Waals surface area (Å²) < 4.78 is 5.78. The molecule has 3 unspecified atom stereocenters. The molecule has 2 rings (SSSR count). The Hall–Kier alpha value is -0.610. The summed E-state index contributed by atoms with van der Waals surface area (Å²) in [6.07, 6.45) is 3.25. The van der Waals surface area contributed by atoms with Crippen LogP contribution in [0.3, 0.4) is 0 Å². The number of guanidine groups is 1. The van der Waals surface area contributed by atoms with Gasteiger partial charge in [0.05, 0.1) is 12.2 Å². The second-order valence-electron chi connectivity index (χ2n) is 7.45. The molecule has 0 aliphatic carbocycles. The van der Waals surface area contributed by atoms with Gasteiger partial charge >= 0.3 is 0 Å². The molecule has 7 nitrogen and oxygen atoms in total. The third-order valence-corrected chi connectivity index (χ3v) is 4.93. The Morgan fingerprint density at radius 3 is 2.52 bits per heavy atom. The number of amides is 1. The molecule has 2 heterocycles. The second kappa shape index (κ2) is 12.8. The van der Waals surface area contributed by atoms with Crippen LogP contribution in [0.4, 0.5) is 0 Å². The SMILES string of the molecule is CCNC(=NCCCN1CC(C)OC(C)C1)NC1CCN(C(=O)CC)C1.I. The number of nitrogens with zero attached hydrogens (tertiary/aromatic N) is 3. The van der Waals surface area contributed by atoms with Gasteiger partial charge in [0.2, 0.25) is 5.91 Å². The van der Waals surface area contributed by atoms with E-state index in [9.17, 15) is 4.79 Å². The fourth-order valence-corrected chi connectivity index (χ4v) is 3.79. The molecule has 0 aromatic rings. The van der Waals surface area contributed by atoms with Crippen LogP contribution in [-0.4, -0.2) is 85.7 Å². The Bertz CT molecular complexity index is 467. The molecule has 2 aliphatic rings. The zero-order valence-electron chi connectivity index (χ0n) is 17.4. The van der Waals surface area contributed by atoms with E-state index in [-0.39, 0.29) is 29.9 Å². The van der Waals surface area contributed by atoms with E-state index < -0.39 is 0 Å². The van der Waals surface area contributed by atoms with Crippen molar-refractivity contribution in [1.29, 1.82) is 0 Å². The Labute approximate surface area is 181 Å². The van der Waals surface area contributed by atoms with Crippen molar-refractivity contribution in [2.24, 2.45) is 4.99 Å². The van der Waals surface area contributed by atoms with Crippen LogP contribution in [0.1, 0.15) is 47.0 Å². The molecule has 0 bridgehead atoms. The molecule has 2 fully saturated rings. The lowest BCUT2D eigenvalue weighted by Crippen LogP contribution is -2.46. The van der Waals surface area contributed by atoms with Gasteiger partial charge in [-0.3, -0.25) is 14.7 Å². The highest BCUT2D eigenvalue weighted by Gasteiger charge is 2.26. The summed E-state index contributed by atoms with van der Waals surface area (Å²) in [6.45, 7) is 14.6. The topological polar surface area (TPSA) is 69.2 Å². The molecule has 3 atom stereocenters. The Balaban J connectivity index is 0.00000364. The molecule has 0 saturated carbocycles. The minimum Gasteiger partial charge on any atom is -0.373 e. The highest BCUT2D eigenvalue weighted by molar-refractivity contribution is 14.0. The first-order chi connectivity index (χ1) is 12.5. The molecule has 8 heteroatoms. The van der Waals surface area contributed by atoms with E-state index in [0.717, 1.165) is 64.6 Å². The Morgan fingerprint density at radius 1 is 1.19 bits per heavy atom. The van der Waals surface area contributed by atoms with E-state index >= 15 is 0 Å². The number of rotatable bonds is 7. The highest BCUT2D eigenvalue weighted by Crippen LogP contribution is 2.11. The maximum atomic E-state index is 11.8. The molecular formula is C19H38IN5O2. The zero-order valence-corrected chi connectivity index (χ0v) is 19.7. The predicted octanol–water partition coefficient (Wildman–Crippen LogP) is 1.67. The average molecular weight is 495 g/mol. The van der Waals surface area contributed by atoms with Crippen LogP contribution < -0.4 is 10.6 Å². The lowest BCUT2D eigenvalue weighted by molar-refractivity contribution is -0.129. The van der Waals surface area contributed by atoms with Crippen LogP contribution in [0.2, 0.25) is 0 Å². The third-order valence-electron chi connectivity index (χ3n) is 4.93. The Kier molecular flexibility index (Phi) is 11.6. The number of carbonyl (C=O) groups is 1. The standard InChI is InChI=1S/C19H37N5O2.HI/c1-5-18(25)24-11-8-17(14-24)22-19(20-6-2)21-9-7-10-23-12-15(3)26-16(4)13-23;/h15-17H,5-14H2,1-4H3,(H2,20,21,22);1H. The van der Waals surface area contributed by atoms with Crippen LogP contribution in [0.5, 0.6) is 0 Å². The molecule has 1 amide bonds. The van der Waals surface area contributed by atoms with Crippen molar-refractivity contribution < 1.29 is 9.53 Å². The van der Waals surface area contributed by atoms with E-state index in [1.165, 1.54) is 0 Å². The van der Waals surface area contributed by atoms with Crippen molar-refractivity contribution in [2.45, 2.75) is 65.2 Å². The van der Waals surface area contributed by atoms with Gasteiger partial charge in [-0.1, -0.05) is 6.92 Å². The van der Waals surface area contributed by atoms with Crippen LogP contribution in [0, 0.1) is 0 Å². The maximum absolute atomic E-state index is 11.8. The van der Waals surface area contributed by atoms with Crippen LogP contribution in [0.25, 0.3) is 0 Å².